The summed E-state index contributed by atoms with van der Waals surface area (Å²) in [7, 11) is 0. The van der Waals surface area contributed by atoms with Crippen LogP contribution < -0.4 is 5.32 Å². The van der Waals surface area contributed by atoms with Gasteiger partial charge in [-0.1, -0.05) is 59.8 Å². The summed E-state index contributed by atoms with van der Waals surface area (Å²) < 4.78 is 19.3. The predicted molar refractivity (Wildman–Crippen MR) is 163 cm³/mol. The first-order valence-electron chi connectivity index (χ1n) is 14.8. The van der Waals surface area contributed by atoms with Crippen molar-refractivity contribution in [2.75, 3.05) is 19.6 Å². The zero-order valence-electron chi connectivity index (χ0n) is 24.6. The molecule has 12 nitrogen and oxygen atoms in total. The number of nitrogens with zero attached hydrogens (tertiary/aromatic N) is 7. The normalized spacial score (nSPS) is 17.0. The summed E-state index contributed by atoms with van der Waals surface area (Å²) in [4.78, 5) is 52.2. The van der Waals surface area contributed by atoms with Gasteiger partial charge in [0, 0.05) is 30.7 Å². The van der Waals surface area contributed by atoms with Gasteiger partial charge < -0.3 is 19.6 Å². The molecule has 5 aromatic rings. The molecule has 0 radical (unpaired) electrons. The molecule has 5 heterocycles. The molecule has 2 aliphatic rings. The topological polar surface area (TPSA) is 128 Å². The summed E-state index contributed by atoms with van der Waals surface area (Å²) in [5.74, 6) is -0.826. The highest BCUT2D eigenvalue weighted by Crippen LogP contribution is 2.27. The van der Waals surface area contributed by atoms with Gasteiger partial charge >= 0.3 is 6.03 Å². The number of urea groups is 1. The Morgan fingerprint density at radius 3 is 2.61 bits per heavy atom. The van der Waals surface area contributed by atoms with Crippen LogP contribution in [-0.2, 0) is 29.2 Å². The molecule has 2 fully saturated rings. The number of hydrogen-bond donors (Lipinski definition) is 1. The Balaban J connectivity index is 1.17. The van der Waals surface area contributed by atoms with Crippen LogP contribution in [0.25, 0.3) is 22.3 Å². The number of amides is 4. The maximum absolute atomic E-state index is 13.9. The zero-order chi connectivity index (χ0) is 31.6. The van der Waals surface area contributed by atoms with Gasteiger partial charge in [0.05, 0.1) is 30.8 Å². The molecule has 2 aliphatic heterocycles. The number of aromatic nitrogens is 3. The predicted octanol–water partition coefficient (Wildman–Crippen LogP) is 3.56. The van der Waals surface area contributed by atoms with Crippen molar-refractivity contribution >= 4 is 28.7 Å². The third kappa shape index (κ3) is 5.87. The van der Waals surface area contributed by atoms with E-state index in [2.05, 4.69) is 20.4 Å². The summed E-state index contributed by atoms with van der Waals surface area (Å²) in [6, 6.07) is 24.6. The van der Waals surface area contributed by atoms with Crippen LogP contribution in [0.3, 0.4) is 0 Å². The van der Waals surface area contributed by atoms with Gasteiger partial charge in [0.1, 0.15) is 18.4 Å². The summed E-state index contributed by atoms with van der Waals surface area (Å²) in [5, 5.41) is 11.0. The van der Waals surface area contributed by atoms with E-state index in [1.54, 1.807) is 28.2 Å². The molecule has 1 unspecified atom stereocenters. The number of hydrazine groups is 1. The second-order valence-electron chi connectivity index (χ2n) is 11.1. The number of halogens is 1. The van der Waals surface area contributed by atoms with Crippen molar-refractivity contribution in [3.63, 3.8) is 0 Å². The molecule has 1 atom stereocenters. The first kappa shape index (κ1) is 29.0. The monoisotopic (exact) mass is 620 g/mol. The third-order valence-corrected chi connectivity index (χ3v) is 8.09. The summed E-state index contributed by atoms with van der Waals surface area (Å²) >= 11 is 0. The maximum atomic E-state index is 13.9. The van der Waals surface area contributed by atoms with Gasteiger partial charge in [-0.05, 0) is 35.4 Å². The van der Waals surface area contributed by atoms with Crippen LogP contribution in [0.4, 0.5) is 9.18 Å². The lowest BCUT2D eigenvalue weighted by molar-refractivity contribution is -0.184. The quantitative estimate of drug-likeness (QED) is 0.274. The molecule has 7 rings (SSSR count). The van der Waals surface area contributed by atoms with E-state index in [4.69, 9.17) is 4.52 Å². The highest BCUT2D eigenvalue weighted by molar-refractivity contribution is 5.89. The average Bonchev–Trinajstić information content (AvgIpc) is 3.54. The molecule has 0 bridgehead atoms. The van der Waals surface area contributed by atoms with Crippen LogP contribution >= 0.6 is 0 Å². The van der Waals surface area contributed by atoms with Gasteiger partial charge in [-0.25, -0.2) is 14.8 Å². The molecule has 0 aliphatic carbocycles. The van der Waals surface area contributed by atoms with Gasteiger partial charge in [-0.3, -0.25) is 14.6 Å². The SMILES string of the molecule is O=C1CN2C(=O)CN(Cc3cc(-c4cccc(F)n4)no3)N(C(=O)NCc3ccccc3)C2CN1Cc1cccc2ncccc12. The Hall–Kier alpha value is -5.69. The van der Waals surface area contributed by atoms with Crippen LogP contribution in [0.15, 0.2) is 95.6 Å². The Labute approximate surface area is 263 Å². The van der Waals surface area contributed by atoms with Crippen molar-refractivity contribution in [1.29, 1.82) is 0 Å². The number of piperazine rings is 1. The van der Waals surface area contributed by atoms with Gasteiger partial charge in [0.2, 0.25) is 17.8 Å². The van der Waals surface area contributed by atoms with E-state index >= 15 is 0 Å². The van der Waals surface area contributed by atoms with E-state index < -0.39 is 18.1 Å². The van der Waals surface area contributed by atoms with E-state index in [1.165, 1.54) is 22.0 Å². The minimum atomic E-state index is -0.782. The lowest BCUT2D eigenvalue weighted by Crippen LogP contribution is -2.73. The van der Waals surface area contributed by atoms with E-state index in [-0.39, 0.29) is 51.1 Å². The number of pyridine rings is 2. The van der Waals surface area contributed by atoms with Crippen LogP contribution in [0.5, 0.6) is 0 Å². The first-order valence-corrected chi connectivity index (χ1v) is 14.8. The third-order valence-electron chi connectivity index (χ3n) is 8.09. The minimum Gasteiger partial charge on any atom is -0.359 e. The van der Waals surface area contributed by atoms with Crippen molar-refractivity contribution in [3.8, 4) is 11.4 Å². The molecular weight excluding hydrogens is 591 g/mol. The number of benzene rings is 2. The molecule has 0 saturated carbocycles. The smallest absolute Gasteiger partial charge is 0.334 e. The second kappa shape index (κ2) is 12.4. The van der Waals surface area contributed by atoms with E-state index in [0.717, 1.165) is 22.0 Å². The largest absolute Gasteiger partial charge is 0.359 e. The fourth-order valence-corrected chi connectivity index (χ4v) is 5.88. The summed E-state index contributed by atoms with van der Waals surface area (Å²) in [6.07, 6.45) is 0.936. The highest BCUT2D eigenvalue weighted by atomic mass is 19.1. The number of fused-ring (bicyclic) bond motifs is 2. The fourth-order valence-electron chi connectivity index (χ4n) is 5.88. The molecule has 1 N–H and O–H groups in total. The molecular formula is C33H29FN8O4. The maximum Gasteiger partial charge on any atom is 0.334 e. The Kier molecular flexibility index (Phi) is 7.81. The lowest BCUT2D eigenvalue weighted by Gasteiger charge is -2.52. The molecule has 2 aromatic carbocycles. The van der Waals surface area contributed by atoms with Gasteiger partial charge in [0.15, 0.2) is 5.76 Å². The van der Waals surface area contributed by atoms with Crippen molar-refractivity contribution in [2.24, 2.45) is 0 Å². The second-order valence-corrected chi connectivity index (χ2v) is 11.1. The molecule has 13 heteroatoms. The molecule has 46 heavy (non-hydrogen) atoms. The molecule has 232 valence electrons. The van der Waals surface area contributed by atoms with Crippen molar-refractivity contribution < 1.29 is 23.3 Å². The number of nitrogens with one attached hydrogen (secondary N) is 1. The summed E-state index contributed by atoms with van der Waals surface area (Å²) in [6.45, 7) is 0.303. The van der Waals surface area contributed by atoms with E-state index in [9.17, 15) is 18.8 Å². The molecule has 4 amide bonds. The van der Waals surface area contributed by atoms with Crippen LogP contribution in [0.2, 0.25) is 0 Å². The highest BCUT2D eigenvalue weighted by Gasteiger charge is 2.47. The van der Waals surface area contributed by atoms with Crippen LogP contribution in [0, 0.1) is 5.95 Å². The average molecular weight is 621 g/mol. The van der Waals surface area contributed by atoms with Crippen LogP contribution in [0.1, 0.15) is 16.9 Å². The Morgan fingerprint density at radius 1 is 0.913 bits per heavy atom. The Bertz CT molecular complexity index is 1910. The van der Waals surface area contributed by atoms with Gasteiger partial charge in [0.25, 0.3) is 0 Å². The standard InChI is InChI=1S/C33H29FN8O4/c34-29-13-5-12-27(37-29)28-15-24(46-38-28)18-40-20-32(44)41-21-31(43)39(17-23-9-4-11-26-25(23)10-6-14-35-26)19-30(41)42(40)33(45)36-16-22-7-2-1-3-8-22/h1-15,30H,16-21H2,(H,36,45). The van der Waals surface area contributed by atoms with Crippen molar-refractivity contribution in [2.45, 2.75) is 25.8 Å². The van der Waals surface area contributed by atoms with Gasteiger partial charge in [-0.15, -0.1) is 0 Å². The lowest BCUT2D eigenvalue weighted by atomic mass is 10.1. The minimum absolute atomic E-state index is 0.0140. The molecule has 3 aromatic heterocycles. The fraction of sp³-hybridized carbons (Fsp3) is 0.212. The van der Waals surface area contributed by atoms with Crippen molar-refractivity contribution in [1.82, 2.24) is 40.3 Å². The number of rotatable bonds is 7. The number of carbonyl (C=O) groups excluding carboxylic acids is 3. The van der Waals surface area contributed by atoms with E-state index in [0.29, 0.717) is 17.1 Å². The van der Waals surface area contributed by atoms with Crippen LogP contribution in [-0.4, -0.2) is 78.6 Å². The molecule has 2 saturated heterocycles. The summed E-state index contributed by atoms with van der Waals surface area (Å²) in [5.41, 5.74) is 3.23. The zero-order valence-corrected chi connectivity index (χ0v) is 24.6. The number of hydrogen-bond acceptors (Lipinski definition) is 8. The van der Waals surface area contributed by atoms with Crippen molar-refractivity contribution in [3.05, 3.63) is 114 Å². The van der Waals surface area contributed by atoms with Gasteiger partial charge in [-0.2, -0.15) is 9.40 Å². The molecule has 0 spiro atoms. The van der Waals surface area contributed by atoms with E-state index in [1.807, 2.05) is 60.7 Å². The Morgan fingerprint density at radius 2 is 1.76 bits per heavy atom. The number of carbonyl (C=O) groups is 3. The first-order chi connectivity index (χ1) is 22.4.